The highest BCUT2D eigenvalue weighted by Gasteiger charge is 2.15. The van der Waals surface area contributed by atoms with E-state index in [1.165, 1.54) is 0 Å². The topological polar surface area (TPSA) is 55.4 Å². The quantitative estimate of drug-likeness (QED) is 0.807. The summed E-state index contributed by atoms with van der Waals surface area (Å²) in [7, 11) is 1.59. The van der Waals surface area contributed by atoms with E-state index in [0.29, 0.717) is 11.0 Å². The van der Waals surface area contributed by atoms with E-state index < -0.39 is 0 Å². The molecule has 1 atom stereocenters. The molecule has 1 aromatic heterocycles. The van der Waals surface area contributed by atoms with E-state index in [1.807, 2.05) is 6.07 Å². The summed E-state index contributed by atoms with van der Waals surface area (Å²) < 4.78 is 10.5. The summed E-state index contributed by atoms with van der Waals surface area (Å²) in [6, 6.07) is 3.65. The normalized spacial score (nSPS) is 18.4. The number of thiocarbonyl (C=S) groups is 1. The van der Waals surface area contributed by atoms with Crippen LogP contribution in [0.5, 0.6) is 5.88 Å². The highest BCUT2D eigenvalue weighted by molar-refractivity contribution is 7.80. The second-order valence-corrected chi connectivity index (χ2v) is 4.47. The van der Waals surface area contributed by atoms with E-state index >= 15 is 0 Å². The van der Waals surface area contributed by atoms with Gasteiger partial charge in [0.05, 0.1) is 25.1 Å². The minimum Gasteiger partial charge on any atom is -0.481 e. The molecule has 2 heterocycles. The van der Waals surface area contributed by atoms with Crippen LogP contribution < -0.4 is 15.4 Å². The van der Waals surface area contributed by atoms with Crippen molar-refractivity contribution >= 4 is 23.0 Å². The van der Waals surface area contributed by atoms with Crippen molar-refractivity contribution in [1.82, 2.24) is 10.3 Å². The van der Waals surface area contributed by atoms with Crippen LogP contribution in [0.2, 0.25) is 0 Å². The van der Waals surface area contributed by atoms with E-state index in [1.54, 1.807) is 19.4 Å². The number of nitrogens with one attached hydrogen (secondary N) is 2. The maximum atomic E-state index is 5.51. The molecule has 0 aromatic carbocycles. The van der Waals surface area contributed by atoms with Gasteiger partial charge in [-0.2, -0.15) is 0 Å². The molecule has 2 N–H and O–H groups in total. The highest BCUT2D eigenvalue weighted by Crippen LogP contribution is 2.12. The predicted molar refractivity (Wildman–Crippen MR) is 74.0 cm³/mol. The van der Waals surface area contributed by atoms with Crippen molar-refractivity contribution in [3.63, 3.8) is 0 Å². The van der Waals surface area contributed by atoms with Crippen LogP contribution in [0.15, 0.2) is 18.3 Å². The fraction of sp³-hybridized carbons (Fsp3) is 0.500. The predicted octanol–water partition coefficient (Wildman–Crippen LogP) is 1.56. The Bertz CT molecular complexity index is 391. The van der Waals surface area contributed by atoms with Crippen LogP contribution in [0.1, 0.15) is 12.8 Å². The van der Waals surface area contributed by atoms with Crippen molar-refractivity contribution in [2.24, 2.45) is 0 Å². The van der Waals surface area contributed by atoms with Crippen molar-refractivity contribution in [2.75, 3.05) is 25.6 Å². The molecular weight excluding hydrogens is 250 g/mol. The first-order valence-corrected chi connectivity index (χ1v) is 6.35. The SMILES string of the molecule is COc1ccc(NC(=S)NC[C@@H]2CCCO2)cn1. The third-order valence-electron chi connectivity index (χ3n) is 2.72. The maximum Gasteiger partial charge on any atom is 0.213 e. The lowest BCUT2D eigenvalue weighted by Gasteiger charge is -2.13. The molecule has 1 saturated heterocycles. The molecule has 0 amide bonds. The minimum atomic E-state index is 0.277. The summed E-state index contributed by atoms with van der Waals surface area (Å²) in [5.41, 5.74) is 0.834. The first kappa shape index (κ1) is 13.0. The summed E-state index contributed by atoms with van der Waals surface area (Å²) >= 11 is 5.20. The molecule has 0 aliphatic carbocycles. The Hall–Kier alpha value is -1.40. The standard InChI is InChI=1S/C12H17N3O2S/c1-16-11-5-4-9(7-13-11)15-12(18)14-8-10-3-2-6-17-10/h4-5,7,10H,2-3,6,8H2,1H3,(H2,14,15,18)/t10-/m0/s1. The molecule has 0 radical (unpaired) electrons. The molecule has 2 rings (SSSR count). The van der Waals surface area contributed by atoms with Gasteiger partial charge >= 0.3 is 0 Å². The number of hydrogen-bond acceptors (Lipinski definition) is 4. The third-order valence-corrected chi connectivity index (χ3v) is 2.96. The molecule has 1 aliphatic heterocycles. The van der Waals surface area contributed by atoms with E-state index in [4.69, 9.17) is 21.7 Å². The third kappa shape index (κ3) is 3.82. The molecule has 18 heavy (non-hydrogen) atoms. The average molecular weight is 267 g/mol. The average Bonchev–Trinajstić information content (AvgIpc) is 2.90. The Morgan fingerprint density at radius 2 is 2.50 bits per heavy atom. The smallest absolute Gasteiger partial charge is 0.213 e. The van der Waals surface area contributed by atoms with Crippen LogP contribution in [-0.4, -0.2) is 36.5 Å². The van der Waals surface area contributed by atoms with E-state index in [-0.39, 0.29) is 6.10 Å². The molecule has 1 aromatic rings. The lowest BCUT2D eigenvalue weighted by Crippen LogP contribution is -2.34. The molecule has 0 unspecified atom stereocenters. The zero-order chi connectivity index (χ0) is 12.8. The zero-order valence-electron chi connectivity index (χ0n) is 10.3. The monoisotopic (exact) mass is 267 g/mol. The number of hydrogen-bond donors (Lipinski definition) is 2. The Kier molecular flexibility index (Phi) is 4.72. The summed E-state index contributed by atoms with van der Waals surface area (Å²) in [5, 5.41) is 6.78. The number of anilines is 1. The van der Waals surface area contributed by atoms with Crippen LogP contribution in [0, 0.1) is 0 Å². The molecule has 0 saturated carbocycles. The molecule has 6 heteroatoms. The van der Waals surface area contributed by atoms with Gasteiger partial charge in [-0.15, -0.1) is 0 Å². The second kappa shape index (κ2) is 6.51. The van der Waals surface area contributed by atoms with Crippen LogP contribution in [0.25, 0.3) is 0 Å². The Labute approximate surface area is 112 Å². The summed E-state index contributed by atoms with van der Waals surface area (Å²) in [4.78, 5) is 4.09. The number of aromatic nitrogens is 1. The molecule has 1 aliphatic rings. The van der Waals surface area contributed by atoms with Crippen LogP contribution in [-0.2, 0) is 4.74 Å². The largest absolute Gasteiger partial charge is 0.481 e. The first-order chi connectivity index (χ1) is 8.78. The van der Waals surface area contributed by atoms with Gasteiger partial charge in [0.1, 0.15) is 0 Å². The minimum absolute atomic E-state index is 0.277. The van der Waals surface area contributed by atoms with Gasteiger partial charge in [-0.3, -0.25) is 0 Å². The first-order valence-electron chi connectivity index (χ1n) is 5.94. The fourth-order valence-electron chi connectivity index (χ4n) is 1.76. The van der Waals surface area contributed by atoms with E-state index in [2.05, 4.69) is 15.6 Å². The van der Waals surface area contributed by atoms with Crippen LogP contribution in [0.4, 0.5) is 5.69 Å². The lowest BCUT2D eigenvalue weighted by atomic mass is 10.2. The van der Waals surface area contributed by atoms with Gasteiger partial charge in [-0.1, -0.05) is 0 Å². The number of rotatable bonds is 4. The zero-order valence-corrected chi connectivity index (χ0v) is 11.1. The van der Waals surface area contributed by atoms with Crippen molar-refractivity contribution in [3.05, 3.63) is 18.3 Å². The Balaban J connectivity index is 1.75. The van der Waals surface area contributed by atoms with Crippen molar-refractivity contribution in [1.29, 1.82) is 0 Å². The van der Waals surface area contributed by atoms with Gasteiger partial charge in [-0.05, 0) is 31.1 Å². The molecule has 0 spiro atoms. The Morgan fingerprint density at radius 1 is 1.61 bits per heavy atom. The maximum absolute atomic E-state index is 5.51. The number of pyridine rings is 1. The summed E-state index contributed by atoms with van der Waals surface area (Å²) in [5.74, 6) is 0.582. The Morgan fingerprint density at radius 3 is 3.11 bits per heavy atom. The lowest BCUT2D eigenvalue weighted by molar-refractivity contribution is 0.114. The van der Waals surface area contributed by atoms with Crippen LogP contribution in [0.3, 0.4) is 0 Å². The summed E-state index contributed by atoms with van der Waals surface area (Å²) in [6.07, 6.45) is 4.19. The van der Waals surface area contributed by atoms with Crippen molar-refractivity contribution in [3.8, 4) is 5.88 Å². The van der Waals surface area contributed by atoms with Crippen LogP contribution >= 0.6 is 12.2 Å². The molecule has 1 fully saturated rings. The molecule has 98 valence electrons. The van der Waals surface area contributed by atoms with Gasteiger partial charge in [0.25, 0.3) is 0 Å². The van der Waals surface area contributed by atoms with E-state index in [9.17, 15) is 0 Å². The van der Waals surface area contributed by atoms with Gasteiger partial charge in [-0.25, -0.2) is 4.98 Å². The number of ether oxygens (including phenoxy) is 2. The van der Waals surface area contributed by atoms with E-state index in [0.717, 1.165) is 31.7 Å². The van der Waals surface area contributed by atoms with Crippen molar-refractivity contribution < 1.29 is 9.47 Å². The summed E-state index contributed by atoms with van der Waals surface area (Å²) in [6.45, 7) is 1.60. The number of nitrogens with zero attached hydrogens (tertiary/aromatic N) is 1. The molecule has 0 bridgehead atoms. The number of methoxy groups -OCH3 is 1. The second-order valence-electron chi connectivity index (χ2n) is 4.06. The van der Waals surface area contributed by atoms with Gasteiger partial charge in [0.2, 0.25) is 5.88 Å². The van der Waals surface area contributed by atoms with Gasteiger partial charge in [0.15, 0.2) is 5.11 Å². The highest BCUT2D eigenvalue weighted by atomic mass is 32.1. The molecular formula is C12H17N3O2S. The fourth-order valence-corrected chi connectivity index (χ4v) is 1.96. The van der Waals surface area contributed by atoms with Gasteiger partial charge in [0, 0.05) is 19.2 Å². The molecule has 5 nitrogen and oxygen atoms in total. The van der Waals surface area contributed by atoms with Gasteiger partial charge < -0.3 is 20.1 Å². The van der Waals surface area contributed by atoms with Crippen molar-refractivity contribution in [2.45, 2.75) is 18.9 Å².